The van der Waals surface area contributed by atoms with Crippen molar-refractivity contribution >= 4 is 11.8 Å². The zero-order valence-electron chi connectivity index (χ0n) is 17.0. The SMILES string of the molecule is CCCN(CCC)C(=O)[C@H]1COC2(CCCCC2)N1C(=O)c1cccc(F)c1. The number of carbonyl (C=O) groups is 2. The lowest BCUT2D eigenvalue weighted by Crippen LogP contribution is -2.57. The summed E-state index contributed by atoms with van der Waals surface area (Å²) in [5, 5.41) is 0. The highest BCUT2D eigenvalue weighted by Gasteiger charge is 2.53. The maximum atomic E-state index is 13.8. The molecular weight excluding hydrogens is 359 g/mol. The van der Waals surface area contributed by atoms with E-state index in [2.05, 4.69) is 0 Å². The third kappa shape index (κ3) is 4.07. The van der Waals surface area contributed by atoms with Crippen LogP contribution in [0.25, 0.3) is 0 Å². The van der Waals surface area contributed by atoms with Gasteiger partial charge < -0.3 is 9.64 Å². The van der Waals surface area contributed by atoms with Crippen LogP contribution in [0, 0.1) is 5.82 Å². The van der Waals surface area contributed by atoms with Gasteiger partial charge in [0.15, 0.2) is 0 Å². The Hall–Kier alpha value is -1.95. The number of rotatable bonds is 6. The second-order valence-corrected chi connectivity index (χ2v) is 7.84. The molecule has 1 heterocycles. The Kier molecular flexibility index (Phi) is 6.70. The van der Waals surface area contributed by atoms with Gasteiger partial charge in [0, 0.05) is 18.7 Å². The van der Waals surface area contributed by atoms with Gasteiger partial charge in [-0.05, 0) is 56.7 Å². The summed E-state index contributed by atoms with van der Waals surface area (Å²) in [5.74, 6) is -0.828. The minimum atomic E-state index is -0.744. The van der Waals surface area contributed by atoms with Gasteiger partial charge in [-0.1, -0.05) is 26.3 Å². The molecule has 1 aliphatic heterocycles. The van der Waals surface area contributed by atoms with E-state index in [4.69, 9.17) is 4.74 Å². The van der Waals surface area contributed by atoms with Gasteiger partial charge in [-0.15, -0.1) is 0 Å². The third-order valence-electron chi connectivity index (χ3n) is 5.77. The molecule has 6 heteroatoms. The fraction of sp³-hybridized carbons (Fsp3) is 0.636. The number of hydrogen-bond acceptors (Lipinski definition) is 3. The van der Waals surface area contributed by atoms with Crippen molar-refractivity contribution in [1.29, 1.82) is 0 Å². The van der Waals surface area contributed by atoms with Crippen LogP contribution >= 0.6 is 0 Å². The van der Waals surface area contributed by atoms with Crippen LogP contribution in [0.1, 0.15) is 69.2 Å². The molecule has 1 saturated heterocycles. The first-order valence-corrected chi connectivity index (χ1v) is 10.5. The second kappa shape index (κ2) is 9.03. The van der Waals surface area contributed by atoms with E-state index in [1.807, 2.05) is 18.7 Å². The Morgan fingerprint density at radius 2 is 1.86 bits per heavy atom. The molecule has 154 valence electrons. The van der Waals surface area contributed by atoms with Crippen molar-refractivity contribution in [1.82, 2.24) is 9.80 Å². The summed E-state index contributed by atoms with van der Waals surface area (Å²) in [4.78, 5) is 30.3. The standard InChI is InChI=1S/C22H31FN2O3/c1-3-13-24(14-4-2)21(27)19-16-28-22(11-6-5-7-12-22)25(19)20(26)17-9-8-10-18(23)15-17/h8-10,15,19H,3-7,11-14,16H2,1-2H3/t19-/m1/s1. The molecule has 5 nitrogen and oxygen atoms in total. The molecule has 3 rings (SSSR count). The minimum absolute atomic E-state index is 0.0594. The van der Waals surface area contributed by atoms with Gasteiger partial charge in [-0.3, -0.25) is 14.5 Å². The van der Waals surface area contributed by atoms with E-state index in [1.54, 1.807) is 11.0 Å². The summed E-state index contributed by atoms with van der Waals surface area (Å²) in [7, 11) is 0. The summed E-state index contributed by atoms with van der Waals surface area (Å²) in [6, 6.07) is 5.06. The quantitative estimate of drug-likeness (QED) is 0.738. The van der Waals surface area contributed by atoms with Crippen molar-refractivity contribution in [2.75, 3.05) is 19.7 Å². The van der Waals surface area contributed by atoms with Gasteiger partial charge in [0.1, 0.15) is 17.6 Å². The second-order valence-electron chi connectivity index (χ2n) is 7.84. The molecule has 0 radical (unpaired) electrons. The molecule has 0 bridgehead atoms. The Bertz CT molecular complexity index is 697. The molecule has 1 saturated carbocycles. The zero-order valence-corrected chi connectivity index (χ0v) is 17.0. The average Bonchev–Trinajstić information content (AvgIpc) is 3.05. The van der Waals surface area contributed by atoms with E-state index in [0.717, 1.165) is 44.9 Å². The average molecular weight is 390 g/mol. The lowest BCUT2D eigenvalue weighted by molar-refractivity contribution is -0.137. The molecular formula is C22H31FN2O3. The number of carbonyl (C=O) groups excluding carboxylic acids is 2. The first-order chi connectivity index (χ1) is 13.5. The number of nitrogens with zero attached hydrogens (tertiary/aromatic N) is 2. The van der Waals surface area contributed by atoms with E-state index in [-0.39, 0.29) is 24.0 Å². The number of benzene rings is 1. The highest BCUT2D eigenvalue weighted by atomic mass is 19.1. The molecule has 0 unspecified atom stereocenters. The predicted molar refractivity (Wildman–Crippen MR) is 105 cm³/mol. The summed E-state index contributed by atoms with van der Waals surface area (Å²) in [5.41, 5.74) is -0.475. The summed E-state index contributed by atoms with van der Waals surface area (Å²) >= 11 is 0. The number of hydrogen-bond donors (Lipinski definition) is 0. The number of halogens is 1. The summed E-state index contributed by atoms with van der Waals surface area (Å²) in [6.45, 7) is 5.62. The highest BCUT2D eigenvalue weighted by Crippen LogP contribution is 2.41. The molecule has 1 spiro atoms. The van der Waals surface area contributed by atoms with Crippen LogP contribution < -0.4 is 0 Å². The fourth-order valence-electron chi connectivity index (χ4n) is 4.50. The van der Waals surface area contributed by atoms with E-state index in [0.29, 0.717) is 13.1 Å². The van der Waals surface area contributed by atoms with Crippen LogP contribution in [-0.4, -0.2) is 53.1 Å². The van der Waals surface area contributed by atoms with Crippen LogP contribution in [0.5, 0.6) is 0 Å². The Morgan fingerprint density at radius 3 is 2.46 bits per heavy atom. The van der Waals surface area contributed by atoms with Crippen molar-refractivity contribution in [3.05, 3.63) is 35.6 Å². The van der Waals surface area contributed by atoms with Gasteiger partial charge in [0.25, 0.3) is 5.91 Å². The molecule has 1 aromatic carbocycles. The predicted octanol–water partition coefficient (Wildman–Crippen LogP) is 3.98. The normalized spacial score (nSPS) is 21.1. The zero-order chi connectivity index (χ0) is 20.1. The molecule has 0 aromatic heterocycles. The van der Waals surface area contributed by atoms with Gasteiger partial charge in [0.05, 0.1) is 6.61 Å². The van der Waals surface area contributed by atoms with Crippen molar-refractivity contribution in [3.8, 4) is 0 Å². The van der Waals surface area contributed by atoms with E-state index >= 15 is 0 Å². The highest BCUT2D eigenvalue weighted by molar-refractivity contribution is 5.98. The maximum Gasteiger partial charge on any atom is 0.256 e. The van der Waals surface area contributed by atoms with Crippen molar-refractivity contribution in [3.63, 3.8) is 0 Å². The van der Waals surface area contributed by atoms with E-state index in [1.165, 1.54) is 18.2 Å². The molecule has 2 aliphatic rings. The maximum absolute atomic E-state index is 13.8. The Morgan fingerprint density at radius 1 is 1.18 bits per heavy atom. The topological polar surface area (TPSA) is 49.9 Å². The molecule has 1 atom stereocenters. The van der Waals surface area contributed by atoms with Gasteiger partial charge >= 0.3 is 0 Å². The van der Waals surface area contributed by atoms with Crippen LogP contribution in [0.3, 0.4) is 0 Å². The van der Waals surface area contributed by atoms with Gasteiger partial charge in [-0.25, -0.2) is 4.39 Å². The lowest BCUT2D eigenvalue weighted by atomic mass is 9.89. The number of amides is 2. The van der Waals surface area contributed by atoms with Crippen molar-refractivity contribution < 1.29 is 18.7 Å². The fourth-order valence-corrected chi connectivity index (χ4v) is 4.50. The summed E-state index contributed by atoms with van der Waals surface area (Å²) in [6.07, 6.45) is 6.19. The molecule has 0 N–H and O–H groups in total. The smallest absolute Gasteiger partial charge is 0.256 e. The van der Waals surface area contributed by atoms with Crippen LogP contribution in [0.4, 0.5) is 4.39 Å². The first-order valence-electron chi connectivity index (χ1n) is 10.5. The van der Waals surface area contributed by atoms with Crippen molar-refractivity contribution in [2.24, 2.45) is 0 Å². The van der Waals surface area contributed by atoms with Gasteiger partial charge in [0.2, 0.25) is 5.91 Å². The lowest BCUT2D eigenvalue weighted by Gasteiger charge is -2.42. The molecule has 1 aromatic rings. The molecule has 28 heavy (non-hydrogen) atoms. The van der Waals surface area contributed by atoms with Crippen molar-refractivity contribution in [2.45, 2.75) is 70.6 Å². The first kappa shape index (κ1) is 20.8. The monoisotopic (exact) mass is 390 g/mol. The van der Waals surface area contributed by atoms with E-state index < -0.39 is 17.6 Å². The molecule has 2 fully saturated rings. The van der Waals surface area contributed by atoms with E-state index in [9.17, 15) is 14.0 Å². The minimum Gasteiger partial charge on any atom is -0.353 e. The molecule has 1 aliphatic carbocycles. The Labute approximate surface area is 166 Å². The van der Waals surface area contributed by atoms with Crippen LogP contribution in [0.15, 0.2) is 24.3 Å². The van der Waals surface area contributed by atoms with Crippen LogP contribution in [0.2, 0.25) is 0 Å². The largest absolute Gasteiger partial charge is 0.353 e. The van der Waals surface area contributed by atoms with Gasteiger partial charge in [-0.2, -0.15) is 0 Å². The molecule has 2 amide bonds. The summed E-state index contributed by atoms with van der Waals surface area (Å²) < 4.78 is 19.9. The Balaban J connectivity index is 1.94. The van der Waals surface area contributed by atoms with Crippen LogP contribution in [-0.2, 0) is 9.53 Å². The third-order valence-corrected chi connectivity index (χ3v) is 5.77. The number of ether oxygens (including phenoxy) is 1.